The highest BCUT2D eigenvalue weighted by molar-refractivity contribution is 5.36. The van der Waals surface area contributed by atoms with E-state index in [-0.39, 0.29) is 11.9 Å². The van der Waals surface area contributed by atoms with Gasteiger partial charge in [-0.1, -0.05) is 29.8 Å². The molecule has 2 N–H and O–H groups in total. The predicted molar refractivity (Wildman–Crippen MR) is 74.7 cm³/mol. The molecule has 19 heavy (non-hydrogen) atoms. The lowest BCUT2D eigenvalue weighted by molar-refractivity contribution is 0.212. The van der Waals surface area contributed by atoms with Gasteiger partial charge in [-0.05, 0) is 43.2 Å². The molecule has 1 atom stereocenters. The third kappa shape index (κ3) is 3.32. The molecule has 2 aromatic rings. The number of rotatable bonds is 4. The lowest BCUT2D eigenvalue weighted by atomic mass is 10.1. The first kappa shape index (κ1) is 13.6. The molecule has 0 spiro atoms. The summed E-state index contributed by atoms with van der Waals surface area (Å²) in [5.74, 6) is 0.552. The molecular formula is C16H18FNO. The van der Waals surface area contributed by atoms with E-state index in [1.807, 2.05) is 26.0 Å². The van der Waals surface area contributed by atoms with Gasteiger partial charge in [0.15, 0.2) is 0 Å². The molecule has 0 fully saturated rings. The number of hydrogen-bond donors (Lipinski definition) is 1. The van der Waals surface area contributed by atoms with Gasteiger partial charge in [-0.3, -0.25) is 0 Å². The maximum Gasteiger partial charge on any atom is 0.136 e. The van der Waals surface area contributed by atoms with Crippen LogP contribution < -0.4 is 10.5 Å². The van der Waals surface area contributed by atoms with Crippen molar-refractivity contribution >= 4 is 0 Å². The molecule has 0 aromatic heterocycles. The summed E-state index contributed by atoms with van der Waals surface area (Å²) < 4.78 is 18.8. The fourth-order valence-electron chi connectivity index (χ4n) is 2.01. The van der Waals surface area contributed by atoms with Crippen LogP contribution in [-0.2, 0) is 0 Å². The molecule has 0 aliphatic carbocycles. The van der Waals surface area contributed by atoms with Gasteiger partial charge in [0.2, 0.25) is 0 Å². The smallest absolute Gasteiger partial charge is 0.136 e. The Balaban J connectivity index is 2.21. The molecule has 0 heterocycles. The summed E-state index contributed by atoms with van der Waals surface area (Å²) in [6.45, 7) is 4.39. The van der Waals surface area contributed by atoms with E-state index in [0.717, 1.165) is 16.9 Å². The lowest BCUT2D eigenvalue weighted by Gasteiger charge is -2.19. The van der Waals surface area contributed by atoms with E-state index in [4.69, 9.17) is 10.5 Å². The van der Waals surface area contributed by atoms with Crippen LogP contribution in [0.2, 0.25) is 0 Å². The molecule has 2 nitrogen and oxygen atoms in total. The van der Waals surface area contributed by atoms with Crippen molar-refractivity contribution in [3.8, 4) is 5.75 Å². The maximum atomic E-state index is 12.9. The molecule has 2 rings (SSSR count). The van der Waals surface area contributed by atoms with Crippen LogP contribution in [0, 0.1) is 19.7 Å². The van der Waals surface area contributed by atoms with Crippen molar-refractivity contribution in [3.63, 3.8) is 0 Å². The van der Waals surface area contributed by atoms with Gasteiger partial charge in [-0.15, -0.1) is 0 Å². The monoisotopic (exact) mass is 259 g/mol. The second-order valence-corrected chi connectivity index (χ2v) is 4.66. The highest BCUT2D eigenvalue weighted by Crippen LogP contribution is 2.25. The summed E-state index contributed by atoms with van der Waals surface area (Å²) in [4.78, 5) is 0. The first-order chi connectivity index (χ1) is 9.10. The zero-order chi connectivity index (χ0) is 13.8. The zero-order valence-electron chi connectivity index (χ0n) is 11.2. The minimum absolute atomic E-state index is 0.258. The highest BCUT2D eigenvalue weighted by Gasteiger charge is 2.12. The Morgan fingerprint density at radius 1 is 1.11 bits per heavy atom. The largest absolute Gasteiger partial charge is 0.484 e. The first-order valence-corrected chi connectivity index (χ1v) is 6.29. The molecule has 3 heteroatoms. The quantitative estimate of drug-likeness (QED) is 0.911. The van der Waals surface area contributed by atoms with Crippen LogP contribution in [0.3, 0.4) is 0 Å². The standard InChI is InChI=1S/C16H18FNO/c1-11-3-8-15(12(2)9-11)19-16(10-18)13-4-6-14(17)7-5-13/h3-9,16H,10,18H2,1-2H3. The van der Waals surface area contributed by atoms with Crippen LogP contribution >= 0.6 is 0 Å². The second kappa shape index (κ2) is 5.85. The van der Waals surface area contributed by atoms with Crippen molar-refractivity contribution < 1.29 is 9.13 Å². The summed E-state index contributed by atoms with van der Waals surface area (Å²) in [6.07, 6.45) is -0.262. The number of ether oxygens (including phenoxy) is 1. The molecule has 0 amide bonds. The van der Waals surface area contributed by atoms with Crippen molar-refractivity contribution in [2.45, 2.75) is 20.0 Å². The molecule has 0 aliphatic rings. The molecule has 2 aromatic carbocycles. The maximum absolute atomic E-state index is 12.9. The Labute approximate surface area is 113 Å². The topological polar surface area (TPSA) is 35.2 Å². The molecule has 0 aliphatic heterocycles. The van der Waals surface area contributed by atoms with Crippen LogP contribution in [0.4, 0.5) is 4.39 Å². The average Bonchev–Trinajstić information content (AvgIpc) is 2.39. The van der Waals surface area contributed by atoms with Gasteiger partial charge >= 0.3 is 0 Å². The molecule has 0 radical (unpaired) electrons. The predicted octanol–water partition coefficient (Wildman–Crippen LogP) is 3.52. The Morgan fingerprint density at radius 2 is 1.79 bits per heavy atom. The van der Waals surface area contributed by atoms with Gasteiger partial charge in [-0.25, -0.2) is 4.39 Å². The average molecular weight is 259 g/mol. The molecular weight excluding hydrogens is 241 g/mol. The summed E-state index contributed by atoms with van der Waals surface area (Å²) in [5.41, 5.74) is 8.89. The van der Waals surface area contributed by atoms with Crippen LogP contribution in [0.5, 0.6) is 5.75 Å². The van der Waals surface area contributed by atoms with Crippen molar-refractivity contribution in [2.75, 3.05) is 6.54 Å². The number of nitrogens with two attached hydrogens (primary N) is 1. The summed E-state index contributed by atoms with van der Waals surface area (Å²) in [6, 6.07) is 12.3. The summed E-state index contributed by atoms with van der Waals surface area (Å²) in [5, 5.41) is 0. The van der Waals surface area contributed by atoms with E-state index in [1.54, 1.807) is 12.1 Å². The van der Waals surface area contributed by atoms with Gasteiger partial charge in [-0.2, -0.15) is 0 Å². The zero-order valence-corrected chi connectivity index (χ0v) is 11.2. The molecule has 0 saturated heterocycles. The SMILES string of the molecule is Cc1ccc(OC(CN)c2ccc(F)cc2)c(C)c1. The number of halogens is 1. The highest BCUT2D eigenvalue weighted by atomic mass is 19.1. The minimum atomic E-state index is -0.262. The minimum Gasteiger partial charge on any atom is -0.484 e. The van der Waals surface area contributed by atoms with E-state index in [0.29, 0.717) is 6.54 Å². The molecule has 0 saturated carbocycles. The van der Waals surface area contributed by atoms with Crippen LogP contribution in [0.1, 0.15) is 22.8 Å². The number of hydrogen-bond acceptors (Lipinski definition) is 2. The van der Waals surface area contributed by atoms with E-state index >= 15 is 0 Å². The Hall–Kier alpha value is -1.87. The normalized spacial score (nSPS) is 12.2. The molecule has 1 unspecified atom stereocenters. The lowest BCUT2D eigenvalue weighted by Crippen LogP contribution is -2.18. The summed E-state index contributed by atoms with van der Waals surface area (Å²) in [7, 11) is 0. The van der Waals surface area contributed by atoms with Crippen molar-refractivity contribution in [1.82, 2.24) is 0 Å². The van der Waals surface area contributed by atoms with Gasteiger partial charge in [0.1, 0.15) is 17.7 Å². The first-order valence-electron chi connectivity index (χ1n) is 6.29. The van der Waals surface area contributed by atoms with Crippen molar-refractivity contribution in [3.05, 3.63) is 65.0 Å². The van der Waals surface area contributed by atoms with Gasteiger partial charge in [0.05, 0.1) is 0 Å². The van der Waals surface area contributed by atoms with Crippen LogP contribution in [-0.4, -0.2) is 6.54 Å². The van der Waals surface area contributed by atoms with Gasteiger partial charge in [0, 0.05) is 6.54 Å². The van der Waals surface area contributed by atoms with Gasteiger partial charge in [0.25, 0.3) is 0 Å². The Kier molecular flexibility index (Phi) is 4.17. The Morgan fingerprint density at radius 3 is 2.37 bits per heavy atom. The van der Waals surface area contributed by atoms with E-state index in [2.05, 4.69) is 6.07 Å². The van der Waals surface area contributed by atoms with Crippen molar-refractivity contribution in [2.24, 2.45) is 5.73 Å². The van der Waals surface area contributed by atoms with Crippen LogP contribution in [0.15, 0.2) is 42.5 Å². The van der Waals surface area contributed by atoms with E-state index in [1.165, 1.54) is 17.7 Å². The third-order valence-electron chi connectivity index (χ3n) is 3.06. The van der Waals surface area contributed by atoms with E-state index in [9.17, 15) is 4.39 Å². The summed E-state index contributed by atoms with van der Waals surface area (Å²) >= 11 is 0. The molecule has 100 valence electrons. The fourth-order valence-corrected chi connectivity index (χ4v) is 2.01. The molecule has 0 bridgehead atoms. The van der Waals surface area contributed by atoms with Crippen molar-refractivity contribution in [1.29, 1.82) is 0 Å². The van der Waals surface area contributed by atoms with Crippen LogP contribution in [0.25, 0.3) is 0 Å². The number of benzene rings is 2. The second-order valence-electron chi connectivity index (χ2n) is 4.66. The van der Waals surface area contributed by atoms with Gasteiger partial charge < -0.3 is 10.5 Å². The Bertz CT molecular complexity index is 551. The fraction of sp³-hybridized carbons (Fsp3) is 0.250. The third-order valence-corrected chi connectivity index (χ3v) is 3.06. The number of aryl methyl sites for hydroxylation is 2. The van der Waals surface area contributed by atoms with E-state index < -0.39 is 0 Å².